The van der Waals surface area contributed by atoms with E-state index in [0.717, 1.165) is 19.3 Å². The Kier molecular flexibility index (Phi) is 10.4. The maximum atomic E-state index is 11.3. The average molecular weight is 333 g/mol. The van der Waals surface area contributed by atoms with Gasteiger partial charge in [0.2, 0.25) is 5.91 Å². The Bertz CT molecular complexity index is 512. The van der Waals surface area contributed by atoms with E-state index in [1.807, 2.05) is 6.08 Å². The molecule has 0 spiro atoms. The minimum atomic E-state index is -0.472. The lowest BCUT2D eigenvalue weighted by atomic mass is 10.1. The SMILES string of the molecule is CCC/C=C/Oc1cc(C(N)=O)ccc1OCCCCCCCC. The summed E-state index contributed by atoms with van der Waals surface area (Å²) >= 11 is 0. The van der Waals surface area contributed by atoms with Crippen LogP contribution in [0, 0.1) is 0 Å². The molecule has 1 rings (SSSR count). The number of amides is 1. The lowest BCUT2D eigenvalue weighted by molar-refractivity contribution is 0.1000. The van der Waals surface area contributed by atoms with E-state index < -0.39 is 5.91 Å². The van der Waals surface area contributed by atoms with E-state index in [9.17, 15) is 4.79 Å². The first-order valence-electron chi connectivity index (χ1n) is 9.07. The van der Waals surface area contributed by atoms with Gasteiger partial charge in [-0.2, -0.15) is 0 Å². The second-order valence-corrected chi connectivity index (χ2v) is 5.92. The Morgan fingerprint density at radius 2 is 1.79 bits per heavy atom. The van der Waals surface area contributed by atoms with E-state index in [-0.39, 0.29) is 0 Å². The Morgan fingerprint density at radius 1 is 1.04 bits per heavy atom. The van der Waals surface area contributed by atoms with Crippen LogP contribution < -0.4 is 15.2 Å². The molecular formula is C20H31NO3. The van der Waals surface area contributed by atoms with Crippen molar-refractivity contribution < 1.29 is 14.3 Å². The number of hydrogen-bond acceptors (Lipinski definition) is 3. The van der Waals surface area contributed by atoms with Gasteiger partial charge < -0.3 is 15.2 Å². The predicted molar refractivity (Wildman–Crippen MR) is 98.5 cm³/mol. The van der Waals surface area contributed by atoms with E-state index in [2.05, 4.69) is 13.8 Å². The highest BCUT2D eigenvalue weighted by Gasteiger charge is 2.09. The van der Waals surface area contributed by atoms with Crippen LogP contribution in [0.1, 0.15) is 75.6 Å². The highest BCUT2D eigenvalue weighted by molar-refractivity contribution is 5.93. The van der Waals surface area contributed by atoms with E-state index in [1.165, 1.54) is 32.1 Å². The predicted octanol–water partition coefficient (Wildman–Crippen LogP) is 5.22. The third-order valence-corrected chi connectivity index (χ3v) is 3.73. The average Bonchev–Trinajstić information content (AvgIpc) is 2.58. The number of carbonyl (C=O) groups excluding carboxylic acids is 1. The van der Waals surface area contributed by atoms with Crippen LogP contribution in [0.25, 0.3) is 0 Å². The summed E-state index contributed by atoms with van der Waals surface area (Å²) in [4.78, 5) is 11.3. The summed E-state index contributed by atoms with van der Waals surface area (Å²) in [6, 6.07) is 5.05. The smallest absolute Gasteiger partial charge is 0.248 e. The number of carbonyl (C=O) groups is 1. The summed E-state index contributed by atoms with van der Waals surface area (Å²) in [5.41, 5.74) is 5.75. The van der Waals surface area contributed by atoms with Crippen molar-refractivity contribution in [2.24, 2.45) is 5.73 Å². The van der Waals surface area contributed by atoms with Crippen molar-refractivity contribution in [2.45, 2.75) is 65.2 Å². The quantitative estimate of drug-likeness (QED) is 0.398. The van der Waals surface area contributed by atoms with Crippen molar-refractivity contribution >= 4 is 5.91 Å². The third-order valence-electron chi connectivity index (χ3n) is 3.73. The highest BCUT2D eigenvalue weighted by Crippen LogP contribution is 2.29. The zero-order valence-corrected chi connectivity index (χ0v) is 15.1. The Hall–Kier alpha value is -1.97. The fourth-order valence-electron chi connectivity index (χ4n) is 2.29. The summed E-state index contributed by atoms with van der Waals surface area (Å²) < 4.78 is 11.5. The molecule has 4 nitrogen and oxygen atoms in total. The first kappa shape index (κ1) is 20.1. The van der Waals surface area contributed by atoms with E-state index in [4.69, 9.17) is 15.2 Å². The fraction of sp³-hybridized carbons (Fsp3) is 0.550. The summed E-state index contributed by atoms with van der Waals surface area (Å²) in [7, 11) is 0. The van der Waals surface area contributed by atoms with Gasteiger partial charge in [-0.05, 0) is 37.1 Å². The molecule has 24 heavy (non-hydrogen) atoms. The molecule has 4 heteroatoms. The molecule has 134 valence electrons. The monoisotopic (exact) mass is 333 g/mol. The van der Waals surface area contributed by atoms with Gasteiger partial charge in [-0.25, -0.2) is 0 Å². The number of benzene rings is 1. The lowest BCUT2D eigenvalue weighted by Gasteiger charge is -2.11. The van der Waals surface area contributed by atoms with Crippen LogP contribution >= 0.6 is 0 Å². The van der Waals surface area contributed by atoms with Gasteiger partial charge in [0.05, 0.1) is 12.9 Å². The number of unbranched alkanes of at least 4 members (excludes halogenated alkanes) is 6. The van der Waals surface area contributed by atoms with Gasteiger partial charge in [0, 0.05) is 5.56 Å². The van der Waals surface area contributed by atoms with Gasteiger partial charge in [-0.1, -0.05) is 52.4 Å². The molecule has 0 saturated heterocycles. The van der Waals surface area contributed by atoms with Gasteiger partial charge in [0.25, 0.3) is 0 Å². The van der Waals surface area contributed by atoms with E-state index >= 15 is 0 Å². The van der Waals surface area contributed by atoms with Crippen molar-refractivity contribution in [3.05, 3.63) is 36.1 Å². The van der Waals surface area contributed by atoms with Crippen LogP contribution in [-0.4, -0.2) is 12.5 Å². The highest BCUT2D eigenvalue weighted by atomic mass is 16.5. The van der Waals surface area contributed by atoms with Crippen LogP contribution in [0.5, 0.6) is 11.5 Å². The molecule has 2 N–H and O–H groups in total. The van der Waals surface area contributed by atoms with Gasteiger partial charge in [0.15, 0.2) is 11.5 Å². The molecule has 1 amide bonds. The second kappa shape index (κ2) is 12.5. The minimum absolute atomic E-state index is 0.417. The topological polar surface area (TPSA) is 61.5 Å². The molecule has 0 aliphatic heterocycles. The Morgan fingerprint density at radius 3 is 2.50 bits per heavy atom. The van der Waals surface area contributed by atoms with E-state index in [0.29, 0.717) is 23.7 Å². The Labute approximate surface area is 146 Å². The third kappa shape index (κ3) is 8.04. The fourth-order valence-corrected chi connectivity index (χ4v) is 2.29. The zero-order valence-electron chi connectivity index (χ0n) is 15.1. The van der Waals surface area contributed by atoms with Crippen LogP contribution in [0.2, 0.25) is 0 Å². The summed E-state index contributed by atoms with van der Waals surface area (Å²) in [5.74, 6) is 0.708. The maximum Gasteiger partial charge on any atom is 0.248 e. The molecule has 0 fully saturated rings. The van der Waals surface area contributed by atoms with E-state index in [1.54, 1.807) is 24.5 Å². The number of rotatable bonds is 13. The number of hydrogen-bond donors (Lipinski definition) is 1. The normalized spacial score (nSPS) is 10.9. The first-order chi connectivity index (χ1) is 11.7. The van der Waals surface area contributed by atoms with Crippen LogP contribution in [0.3, 0.4) is 0 Å². The molecule has 0 saturated carbocycles. The molecule has 1 aromatic carbocycles. The van der Waals surface area contributed by atoms with Gasteiger partial charge in [-0.15, -0.1) is 0 Å². The van der Waals surface area contributed by atoms with Crippen LogP contribution in [0.15, 0.2) is 30.5 Å². The molecule has 0 bridgehead atoms. The summed E-state index contributed by atoms with van der Waals surface area (Å²) in [6.07, 6.45) is 12.9. The molecule has 0 unspecified atom stereocenters. The van der Waals surface area contributed by atoms with Gasteiger partial charge >= 0.3 is 0 Å². The number of primary amides is 1. The van der Waals surface area contributed by atoms with Crippen molar-refractivity contribution in [1.82, 2.24) is 0 Å². The van der Waals surface area contributed by atoms with Crippen molar-refractivity contribution in [3.8, 4) is 11.5 Å². The number of allylic oxidation sites excluding steroid dienone is 1. The molecule has 0 atom stereocenters. The molecule has 0 aliphatic rings. The van der Waals surface area contributed by atoms with Gasteiger partial charge in [-0.3, -0.25) is 4.79 Å². The molecule has 0 heterocycles. The standard InChI is InChI=1S/C20H31NO3/c1-3-5-7-8-9-11-15-23-18-13-12-17(20(21)22)16-19(18)24-14-10-6-4-2/h10,12-14,16H,3-9,11,15H2,1-2H3,(H2,21,22)/b14-10+. The molecule has 1 aromatic rings. The van der Waals surface area contributed by atoms with Crippen molar-refractivity contribution in [2.75, 3.05) is 6.61 Å². The van der Waals surface area contributed by atoms with Crippen molar-refractivity contribution in [1.29, 1.82) is 0 Å². The lowest BCUT2D eigenvalue weighted by Crippen LogP contribution is -2.11. The summed E-state index contributed by atoms with van der Waals surface area (Å²) in [5, 5.41) is 0. The Balaban J connectivity index is 2.55. The van der Waals surface area contributed by atoms with Gasteiger partial charge in [0.1, 0.15) is 0 Å². The molecule has 0 aliphatic carbocycles. The number of nitrogens with two attached hydrogens (primary N) is 1. The molecule has 0 aromatic heterocycles. The van der Waals surface area contributed by atoms with Crippen LogP contribution in [-0.2, 0) is 0 Å². The number of ether oxygens (including phenoxy) is 2. The maximum absolute atomic E-state index is 11.3. The molecular weight excluding hydrogens is 302 g/mol. The minimum Gasteiger partial charge on any atom is -0.490 e. The van der Waals surface area contributed by atoms with Crippen molar-refractivity contribution in [3.63, 3.8) is 0 Å². The molecule has 0 radical (unpaired) electrons. The largest absolute Gasteiger partial charge is 0.490 e. The first-order valence-corrected chi connectivity index (χ1v) is 9.07. The summed E-state index contributed by atoms with van der Waals surface area (Å²) in [6.45, 7) is 4.97. The zero-order chi connectivity index (χ0) is 17.6. The second-order valence-electron chi connectivity index (χ2n) is 5.92. The van der Waals surface area contributed by atoms with Crippen LogP contribution in [0.4, 0.5) is 0 Å².